The number of aliphatic hydroxyl groups excluding tert-OH is 1. The Morgan fingerprint density at radius 1 is 1.12 bits per heavy atom. The van der Waals surface area contributed by atoms with E-state index in [1.54, 1.807) is 7.11 Å². The van der Waals surface area contributed by atoms with Gasteiger partial charge in [0.1, 0.15) is 0 Å². The van der Waals surface area contributed by atoms with Gasteiger partial charge in [-0.25, -0.2) is 0 Å². The van der Waals surface area contributed by atoms with Crippen molar-refractivity contribution >= 4 is 5.96 Å². The molecule has 0 bridgehead atoms. The first kappa shape index (κ1) is 21.5. The van der Waals surface area contributed by atoms with Crippen molar-refractivity contribution in [1.29, 1.82) is 0 Å². The van der Waals surface area contributed by atoms with E-state index in [1.807, 2.05) is 32.9 Å². The van der Waals surface area contributed by atoms with Crippen molar-refractivity contribution < 1.29 is 9.84 Å². The van der Waals surface area contributed by atoms with Crippen LogP contribution in [0.15, 0.2) is 29.3 Å². The van der Waals surface area contributed by atoms with Crippen LogP contribution < -0.4 is 10.6 Å². The Hall–Kier alpha value is -1.59. The van der Waals surface area contributed by atoms with Crippen molar-refractivity contribution in [2.45, 2.75) is 58.7 Å². The maximum Gasteiger partial charge on any atom is 0.191 e. The molecule has 0 aromatic heterocycles. The summed E-state index contributed by atoms with van der Waals surface area (Å²) in [6, 6.07) is 8.15. The van der Waals surface area contributed by atoms with Crippen LogP contribution in [0.2, 0.25) is 0 Å². The second-order valence-electron chi connectivity index (χ2n) is 7.93. The Kier molecular flexibility index (Phi) is 7.90. The molecule has 0 aliphatic rings. The third kappa shape index (κ3) is 7.45. The first-order valence-corrected chi connectivity index (χ1v) is 8.95. The van der Waals surface area contributed by atoms with Crippen molar-refractivity contribution in [3.05, 3.63) is 35.4 Å². The molecule has 0 fully saturated rings. The van der Waals surface area contributed by atoms with Crippen molar-refractivity contribution in [1.82, 2.24) is 10.6 Å². The molecule has 0 saturated carbocycles. The summed E-state index contributed by atoms with van der Waals surface area (Å²) < 4.78 is 5.39. The summed E-state index contributed by atoms with van der Waals surface area (Å²) in [6.45, 7) is 14.2. The Morgan fingerprint density at radius 2 is 1.72 bits per heavy atom. The fourth-order valence-electron chi connectivity index (χ4n) is 2.19. The third-order valence-electron chi connectivity index (χ3n) is 4.14. The second-order valence-corrected chi connectivity index (χ2v) is 7.93. The minimum absolute atomic E-state index is 0.112. The van der Waals surface area contributed by atoms with Gasteiger partial charge in [-0.1, -0.05) is 45.0 Å². The second kappa shape index (κ2) is 9.20. The monoisotopic (exact) mass is 349 g/mol. The summed E-state index contributed by atoms with van der Waals surface area (Å²) in [5, 5.41) is 16.8. The molecule has 0 aliphatic heterocycles. The van der Waals surface area contributed by atoms with Crippen LogP contribution in [0.1, 0.15) is 58.8 Å². The highest BCUT2D eigenvalue weighted by atomic mass is 16.5. The normalized spacial score (nSPS) is 14.3. The number of aliphatic imine (C=N–C) groups is 1. The van der Waals surface area contributed by atoms with Crippen molar-refractivity contribution in [3.8, 4) is 0 Å². The molecule has 0 heterocycles. The fourth-order valence-corrected chi connectivity index (χ4v) is 2.19. The molecule has 0 saturated heterocycles. The summed E-state index contributed by atoms with van der Waals surface area (Å²) in [4.78, 5) is 4.53. The molecule has 1 unspecified atom stereocenters. The van der Waals surface area contributed by atoms with Gasteiger partial charge < -0.3 is 20.5 Å². The van der Waals surface area contributed by atoms with E-state index in [4.69, 9.17) is 4.74 Å². The predicted molar refractivity (Wildman–Crippen MR) is 105 cm³/mol. The minimum atomic E-state index is -0.590. The number of hydrogen-bond acceptors (Lipinski definition) is 3. The van der Waals surface area contributed by atoms with Gasteiger partial charge in [0, 0.05) is 20.2 Å². The fraction of sp³-hybridized carbons (Fsp3) is 0.650. The van der Waals surface area contributed by atoms with Crippen LogP contribution in [-0.2, 0) is 10.2 Å². The van der Waals surface area contributed by atoms with E-state index in [1.165, 1.54) is 5.56 Å². The number of hydrogen-bond donors (Lipinski definition) is 3. The molecule has 1 rings (SSSR count). The molecule has 142 valence electrons. The zero-order valence-electron chi connectivity index (χ0n) is 16.8. The molecule has 1 aromatic rings. The molecule has 5 nitrogen and oxygen atoms in total. The van der Waals surface area contributed by atoms with E-state index in [-0.39, 0.29) is 11.0 Å². The van der Waals surface area contributed by atoms with Crippen LogP contribution in [0, 0.1) is 0 Å². The molecule has 5 heteroatoms. The number of methoxy groups -OCH3 is 1. The number of guanidine groups is 1. The quantitative estimate of drug-likeness (QED) is 0.523. The highest BCUT2D eigenvalue weighted by Gasteiger charge is 2.17. The van der Waals surface area contributed by atoms with Gasteiger partial charge in [-0.15, -0.1) is 0 Å². The molecule has 1 aromatic carbocycles. The summed E-state index contributed by atoms with van der Waals surface area (Å²) in [7, 11) is 1.68. The average molecular weight is 350 g/mol. The van der Waals surface area contributed by atoms with E-state index >= 15 is 0 Å². The van der Waals surface area contributed by atoms with Gasteiger partial charge in [-0.05, 0) is 37.3 Å². The number of rotatable bonds is 7. The minimum Gasteiger partial charge on any atom is -0.387 e. The Morgan fingerprint density at radius 3 is 2.20 bits per heavy atom. The van der Waals surface area contributed by atoms with Gasteiger partial charge in [0.2, 0.25) is 0 Å². The van der Waals surface area contributed by atoms with Crippen LogP contribution >= 0.6 is 0 Å². The lowest BCUT2D eigenvalue weighted by molar-refractivity contribution is 0.0310. The van der Waals surface area contributed by atoms with Gasteiger partial charge >= 0.3 is 0 Å². The standard InChI is InChI=1S/C20H35N3O2/c1-8-21-18(23-14-20(5,6)25-7)22-13-17(24)15-9-11-16(12-10-15)19(2,3)4/h9-12,17,24H,8,13-14H2,1-7H3,(H2,21,22,23). The average Bonchev–Trinajstić information content (AvgIpc) is 2.56. The highest BCUT2D eigenvalue weighted by Crippen LogP contribution is 2.23. The zero-order chi connectivity index (χ0) is 19.1. The third-order valence-corrected chi connectivity index (χ3v) is 4.14. The highest BCUT2D eigenvalue weighted by molar-refractivity contribution is 5.79. The van der Waals surface area contributed by atoms with Crippen molar-refractivity contribution in [3.63, 3.8) is 0 Å². The Bertz CT molecular complexity index is 545. The lowest BCUT2D eigenvalue weighted by Gasteiger charge is -2.22. The summed E-state index contributed by atoms with van der Waals surface area (Å²) >= 11 is 0. The largest absolute Gasteiger partial charge is 0.387 e. The topological polar surface area (TPSA) is 65.9 Å². The van der Waals surface area contributed by atoms with Crippen molar-refractivity contribution in [2.75, 3.05) is 26.7 Å². The van der Waals surface area contributed by atoms with E-state index < -0.39 is 6.10 Å². The van der Waals surface area contributed by atoms with E-state index in [9.17, 15) is 5.11 Å². The van der Waals surface area contributed by atoms with Crippen LogP contribution in [0.25, 0.3) is 0 Å². The lowest BCUT2D eigenvalue weighted by atomic mass is 9.86. The zero-order valence-corrected chi connectivity index (χ0v) is 16.8. The number of benzene rings is 1. The Labute approximate surface area is 152 Å². The van der Waals surface area contributed by atoms with Crippen molar-refractivity contribution in [2.24, 2.45) is 4.99 Å². The van der Waals surface area contributed by atoms with Gasteiger partial charge in [-0.3, -0.25) is 4.99 Å². The first-order chi connectivity index (χ1) is 11.6. The predicted octanol–water partition coefficient (Wildman–Crippen LogP) is 3.00. The van der Waals surface area contributed by atoms with Crippen LogP contribution in [-0.4, -0.2) is 43.4 Å². The van der Waals surface area contributed by atoms with Gasteiger partial charge in [0.05, 0.1) is 18.2 Å². The summed E-state index contributed by atoms with van der Waals surface area (Å²) in [5.41, 5.74) is 1.95. The maximum absolute atomic E-state index is 10.4. The SMILES string of the molecule is CCNC(=NCC(C)(C)OC)NCC(O)c1ccc(C(C)(C)C)cc1. The number of nitrogens with zero attached hydrogens (tertiary/aromatic N) is 1. The first-order valence-electron chi connectivity index (χ1n) is 8.95. The number of aliphatic hydroxyl groups is 1. The lowest BCUT2D eigenvalue weighted by Crippen LogP contribution is -2.40. The maximum atomic E-state index is 10.4. The molecule has 3 N–H and O–H groups in total. The molecule has 25 heavy (non-hydrogen) atoms. The van der Waals surface area contributed by atoms with Gasteiger partial charge in [-0.2, -0.15) is 0 Å². The van der Waals surface area contributed by atoms with E-state index in [2.05, 4.69) is 48.5 Å². The van der Waals surface area contributed by atoms with E-state index in [0.29, 0.717) is 19.0 Å². The number of ether oxygens (including phenoxy) is 1. The summed E-state index contributed by atoms with van der Waals surface area (Å²) in [5.74, 6) is 0.679. The molecule has 0 spiro atoms. The molecule has 1 atom stereocenters. The van der Waals surface area contributed by atoms with Crippen LogP contribution in [0.4, 0.5) is 0 Å². The molecule has 0 aliphatic carbocycles. The molecular weight excluding hydrogens is 314 g/mol. The van der Waals surface area contributed by atoms with Gasteiger partial charge in [0.25, 0.3) is 0 Å². The van der Waals surface area contributed by atoms with Gasteiger partial charge in [0.15, 0.2) is 5.96 Å². The molecule has 0 radical (unpaired) electrons. The summed E-state index contributed by atoms with van der Waals surface area (Å²) in [6.07, 6.45) is -0.590. The van der Waals surface area contributed by atoms with E-state index in [0.717, 1.165) is 12.1 Å². The van der Waals surface area contributed by atoms with Crippen LogP contribution in [0.3, 0.4) is 0 Å². The number of nitrogens with one attached hydrogen (secondary N) is 2. The molecule has 0 amide bonds. The van der Waals surface area contributed by atoms with Crippen LogP contribution in [0.5, 0.6) is 0 Å². The molecular formula is C20H35N3O2. The Balaban J connectivity index is 2.68. The smallest absolute Gasteiger partial charge is 0.191 e.